The third kappa shape index (κ3) is 3.51. The Morgan fingerprint density at radius 1 is 1.29 bits per heavy atom. The third-order valence-corrected chi connectivity index (χ3v) is 4.27. The molecule has 1 unspecified atom stereocenters. The van der Waals surface area contributed by atoms with E-state index >= 15 is 0 Å². The molecule has 0 N–H and O–H groups in total. The van der Waals surface area contributed by atoms with Gasteiger partial charge in [-0.1, -0.05) is 30.3 Å². The highest BCUT2D eigenvalue weighted by atomic mass is 16.7. The van der Waals surface area contributed by atoms with Crippen molar-refractivity contribution in [2.75, 3.05) is 13.2 Å². The normalized spacial score (nSPS) is 29.7. The van der Waals surface area contributed by atoms with Gasteiger partial charge in [0, 0.05) is 32.0 Å². The molecule has 4 heteroatoms. The number of carbonyl (C=O) groups excluding carboxylic acids is 1. The van der Waals surface area contributed by atoms with E-state index in [1.54, 1.807) is 0 Å². The van der Waals surface area contributed by atoms with Crippen LogP contribution in [0.25, 0.3) is 0 Å². The summed E-state index contributed by atoms with van der Waals surface area (Å²) in [5, 5.41) is 0. The van der Waals surface area contributed by atoms with Gasteiger partial charge in [0.25, 0.3) is 0 Å². The number of ether oxygens (including phenoxy) is 2. The van der Waals surface area contributed by atoms with E-state index in [-0.39, 0.29) is 12.1 Å². The Bertz CT molecular complexity index is 500. The summed E-state index contributed by atoms with van der Waals surface area (Å²) < 4.78 is 11.7. The molecule has 2 aliphatic rings. The number of hydrogen-bond acceptors (Lipinski definition) is 4. The predicted molar refractivity (Wildman–Crippen MR) is 79.8 cm³/mol. The molecule has 1 aromatic rings. The van der Waals surface area contributed by atoms with E-state index in [0.717, 1.165) is 13.1 Å². The Balaban J connectivity index is 1.73. The van der Waals surface area contributed by atoms with E-state index in [9.17, 15) is 4.79 Å². The molecule has 0 spiro atoms. The van der Waals surface area contributed by atoms with Crippen molar-refractivity contribution in [3.63, 3.8) is 0 Å². The molecule has 114 valence electrons. The number of hydrogen-bond donors (Lipinski definition) is 0. The monoisotopic (exact) mass is 289 g/mol. The Morgan fingerprint density at radius 2 is 2.05 bits per heavy atom. The Kier molecular flexibility index (Phi) is 4.11. The summed E-state index contributed by atoms with van der Waals surface area (Å²) in [6.07, 6.45) is 1.19. The van der Waals surface area contributed by atoms with Gasteiger partial charge in [-0.15, -0.1) is 0 Å². The van der Waals surface area contributed by atoms with Crippen molar-refractivity contribution < 1.29 is 14.3 Å². The highest BCUT2D eigenvalue weighted by Gasteiger charge is 2.41. The SMILES string of the molecule is CC1(C)OC[C@@H](C2CC(=O)CCN2Cc2ccccc2)O1. The van der Waals surface area contributed by atoms with E-state index < -0.39 is 5.79 Å². The molecular formula is C17H23NO3. The van der Waals surface area contributed by atoms with E-state index in [4.69, 9.17) is 9.47 Å². The highest BCUT2D eigenvalue weighted by molar-refractivity contribution is 5.80. The second-order valence-electron chi connectivity index (χ2n) is 6.38. The zero-order chi connectivity index (χ0) is 14.9. The molecule has 3 rings (SSSR count). The van der Waals surface area contributed by atoms with Crippen molar-refractivity contribution in [3.05, 3.63) is 35.9 Å². The number of piperidine rings is 1. The van der Waals surface area contributed by atoms with Gasteiger partial charge in [-0.3, -0.25) is 9.69 Å². The van der Waals surface area contributed by atoms with Gasteiger partial charge in [-0.25, -0.2) is 0 Å². The Labute approximate surface area is 126 Å². The fourth-order valence-corrected chi connectivity index (χ4v) is 3.18. The molecule has 2 saturated heterocycles. The first-order valence-electron chi connectivity index (χ1n) is 7.65. The molecule has 1 aromatic carbocycles. The average Bonchev–Trinajstić information content (AvgIpc) is 2.82. The summed E-state index contributed by atoms with van der Waals surface area (Å²) in [5.74, 6) is -0.207. The molecule has 0 radical (unpaired) electrons. The van der Waals surface area contributed by atoms with Crippen LogP contribution in [-0.2, 0) is 20.8 Å². The van der Waals surface area contributed by atoms with Crippen LogP contribution in [0, 0.1) is 0 Å². The standard InChI is InChI=1S/C17H23NO3/c1-17(2)20-12-16(21-17)15-10-14(19)8-9-18(15)11-13-6-4-3-5-7-13/h3-7,15-16H,8-12H2,1-2H3/t15?,16-/m0/s1. The van der Waals surface area contributed by atoms with Crippen LogP contribution < -0.4 is 0 Å². The summed E-state index contributed by atoms with van der Waals surface area (Å²) in [6.45, 7) is 6.09. The molecule has 2 aliphatic heterocycles. The van der Waals surface area contributed by atoms with Crippen molar-refractivity contribution in [2.45, 2.75) is 51.2 Å². The van der Waals surface area contributed by atoms with Crippen LogP contribution in [-0.4, -0.2) is 41.8 Å². The molecule has 0 bridgehead atoms. The number of rotatable bonds is 3. The first kappa shape index (κ1) is 14.7. The van der Waals surface area contributed by atoms with Crippen molar-refractivity contribution in [1.29, 1.82) is 0 Å². The number of likely N-dealkylation sites (tertiary alicyclic amines) is 1. The van der Waals surface area contributed by atoms with Gasteiger partial charge in [-0.05, 0) is 19.4 Å². The minimum absolute atomic E-state index is 0.0204. The molecular weight excluding hydrogens is 266 g/mol. The van der Waals surface area contributed by atoms with Gasteiger partial charge in [0.05, 0.1) is 6.61 Å². The maximum Gasteiger partial charge on any atom is 0.163 e. The van der Waals surface area contributed by atoms with Gasteiger partial charge in [0.1, 0.15) is 11.9 Å². The fourth-order valence-electron chi connectivity index (χ4n) is 3.18. The quantitative estimate of drug-likeness (QED) is 0.856. The van der Waals surface area contributed by atoms with Crippen molar-refractivity contribution in [2.24, 2.45) is 0 Å². The van der Waals surface area contributed by atoms with Crippen LogP contribution in [0.1, 0.15) is 32.3 Å². The van der Waals surface area contributed by atoms with Crippen LogP contribution >= 0.6 is 0 Å². The Hall–Kier alpha value is -1.23. The summed E-state index contributed by atoms with van der Waals surface area (Å²) in [7, 11) is 0. The molecule has 0 amide bonds. The summed E-state index contributed by atoms with van der Waals surface area (Å²) >= 11 is 0. The predicted octanol–water partition coefficient (Wildman–Crippen LogP) is 2.37. The zero-order valence-electron chi connectivity index (χ0n) is 12.7. The fraction of sp³-hybridized carbons (Fsp3) is 0.588. The number of carbonyl (C=O) groups is 1. The average molecular weight is 289 g/mol. The summed E-state index contributed by atoms with van der Waals surface area (Å²) in [5.41, 5.74) is 1.27. The van der Waals surface area contributed by atoms with Crippen LogP contribution in [0.15, 0.2) is 30.3 Å². The summed E-state index contributed by atoms with van der Waals surface area (Å²) in [4.78, 5) is 14.2. The lowest BCUT2D eigenvalue weighted by Gasteiger charge is -2.38. The lowest BCUT2D eigenvalue weighted by Crippen LogP contribution is -2.50. The molecule has 21 heavy (non-hydrogen) atoms. The van der Waals surface area contributed by atoms with Gasteiger partial charge >= 0.3 is 0 Å². The Morgan fingerprint density at radius 3 is 2.71 bits per heavy atom. The number of ketones is 1. The molecule has 0 aromatic heterocycles. The van der Waals surface area contributed by atoms with Crippen LogP contribution in [0.5, 0.6) is 0 Å². The molecule has 0 aliphatic carbocycles. The second-order valence-corrected chi connectivity index (χ2v) is 6.38. The van der Waals surface area contributed by atoms with Gasteiger partial charge in [0.2, 0.25) is 0 Å². The molecule has 2 atom stereocenters. The van der Waals surface area contributed by atoms with E-state index in [2.05, 4.69) is 29.2 Å². The first-order valence-corrected chi connectivity index (χ1v) is 7.65. The van der Waals surface area contributed by atoms with E-state index in [1.165, 1.54) is 5.56 Å². The molecule has 0 saturated carbocycles. The molecule has 4 nitrogen and oxygen atoms in total. The second kappa shape index (κ2) is 5.87. The molecule has 2 heterocycles. The maximum atomic E-state index is 11.9. The lowest BCUT2D eigenvalue weighted by molar-refractivity contribution is -0.151. The van der Waals surface area contributed by atoms with Crippen molar-refractivity contribution >= 4 is 5.78 Å². The largest absolute Gasteiger partial charge is 0.348 e. The minimum atomic E-state index is -0.538. The smallest absolute Gasteiger partial charge is 0.163 e. The molecule has 2 fully saturated rings. The van der Waals surface area contributed by atoms with E-state index in [1.807, 2.05) is 19.9 Å². The van der Waals surface area contributed by atoms with Crippen LogP contribution in [0.2, 0.25) is 0 Å². The van der Waals surface area contributed by atoms with Crippen molar-refractivity contribution in [1.82, 2.24) is 4.90 Å². The van der Waals surface area contributed by atoms with Crippen LogP contribution in [0.4, 0.5) is 0 Å². The zero-order valence-corrected chi connectivity index (χ0v) is 12.7. The van der Waals surface area contributed by atoms with Crippen molar-refractivity contribution in [3.8, 4) is 0 Å². The minimum Gasteiger partial charge on any atom is -0.348 e. The van der Waals surface area contributed by atoms with Gasteiger partial charge in [-0.2, -0.15) is 0 Å². The van der Waals surface area contributed by atoms with E-state index in [0.29, 0.717) is 25.2 Å². The number of benzene rings is 1. The number of Topliss-reactive ketones (excluding diaryl/α,β-unsaturated/α-hetero) is 1. The maximum absolute atomic E-state index is 11.9. The van der Waals surface area contributed by atoms with Crippen LogP contribution in [0.3, 0.4) is 0 Å². The lowest BCUT2D eigenvalue weighted by atomic mass is 9.96. The van der Waals surface area contributed by atoms with Gasteiger partial charge < -0.3 is 9.47 Å². The topological polar surface area (TPSA) is 38.8 Å². The van der Waals surface area contributed by atoms with Gasteiger partial charge in [0.15, 0.2) is 5.79 Å². The highest BCUT2D eigenvalue weighted by Crippen LogP contribution is 2.30. The first-order chi connectivity index (χ1) is 10.0. The summed E-state index contributed by atoms with van der Waals surface area (Å²) in [6, 6.07) is 10.5. The third-order valence-electron chi connectivity index (χ3n) is 4.27. The number of nitrogens with zero attached hydrogens (tertiary/aromatic N) is 1.